The van der Waals surface area contributed by atoms with Crippen molar-refractivity contribution in [1.82, 2.24) is 20.3 Å². The predicted molar refractivity (Wildman–Crippen MR) is 95.3 cm³/mol. The number of ether oxygens (including phenoxy) is 1. The Kier molecular flexibility index (Phi) is 5.46. The van der Waals surface area contributed by atoms with Crippen LogP contribution >= 0.6 is 0 Å². The van der Waals surface area contributed by atoms with E-state index in [9.17, 15) is 8.78 Å². The van der Waals surface area contributed by atoms with Crippen LogP contribution in [0.3, 0.4) is 0 Å². The third kappa shape index (κ3) is 4.33. The topological polar surface area (TPSA) is 59.9 Å². The molecular formula is C19H24F2N4O. The molecule has 1 aliphatic heterocycles. The van der Waals surface area contributed by atoms with Crippen LogP contribution in [0, 0.1) is 12.8 Å². The highest BCUT2D eigenvalue weighted by atomic mass is 19.3. The maximum atomic E-state index is 13.6. The van der Waals surface area contributed by atoms with Gasteiger partial charge in [0.25, 0.3) is 6.43 Å². The second-order valence-corrected chi connectivity index (χ2v) is 7.28. The van der Waals surface area contributed by atoms with E-state index >= 15 is 0 Å². The fraction of sp³-hybridized carbons (Fsp3) is 0.526. The quantitative estimate of drug-likeness (QED) is 0.873. The third-order valence-corrected chi connectivity index (χ3v) is 4.70. The number of nitrogens with one attached hydrogen (secondary N) is 1. The molecule has 3 heterocycles. The van der Waals surface area contributed by atoms with Gasteiger partial charge in [0.2, 0.25) is 5.88 Å². The molecule has 0 aliphatic carbocycles. The largest absolute Gasteiger partial charge is 0.475 e. The summed E-state index contributed by atoms with van der Waals surface area (Å²) < 4.78 is 32.8. The average molecular weight is 362 g/mol. The molecule has 140 valence electrons. The number of halogens is 2. The van der Waals surface area contributed by atoms with Gasteiger partial charge in [-0.1, -0.05) is 6.92 Å². The Hall–Kier alpha value is -2.15. The summed E-state index contributed by atoms with van der Waals surface area (Å²) >= 11 is 0. The van der Waals surface area contributed by atoms with Gasteiger partial charge in [0.05, 0.1) is 11.3 Å². The van der Waals surface area contributed by atoms with E-state index in [0.717, 1.165) is 19.4 Å². The lowest BCUT2D eigenvalue weighted by molar-refractivity contribution is 0.119. The van der Waals surface area contributed by atoms with E-state index in [0.29, 0.717) is 29.6 Å². The second kappa shape index (κ2) is 7.61. The number of alkyl halides is 2. The molecule has 0 bridgehead atoms. The Balaban J connectivity index is 1.81. The van der Waals surface area contributed by atoms with Crippen molar-refractivity contribution >= 4 is 0 Å². The first-order valence-corrected chi connectivity index (χ1v) is 8.82. The van der Waals surface area contributed by atoms with Crippen molar-refractivity contribution in [1.29, 1.82) is 0 Å². The smallest absolute Gasteiger partial charge is 0.269 e. The summed E-state index contributed by atoms with van der Waals surface area (Å²) in [6.07, 6.45) is 2.49. The number of aromatic nitrogens is 3. The third-order valence-electron chi connectivity index (χ3n) is 4.70. The van der Waals surface area contributed by atoms with Gasteiger partial charge < -0.3 is 10.1 Å². The van der Waals surface area contributed by atoms with Crippen LogP contribution in [0.4, 0.5) is 8.78 Å². The molecule has 2 aromatic rings. The zero-order chi connectivity index (χ0) is 18.7. The monoisotopic (exact) mass is 362 g/mol. The lowest BCUT2D eigenvalue weighted by Gasteiger charge is -2.37. The Morgan fingerprint density at radius 3 is 2.88 bits per heavy atom. The molecule has 1 saturated heterocycles. The van der Waals surface area contributed by atoms with Crippen LogP contribution in [0.1, 0.15) is 44.5 Å². The first-order valence-electron chi connectivity index (χ1n) is 8.82. The zero-order valence-electron chi connectivity index (χ0n) is 15.3. The van der Waals surface area contributed by atoms with Crippen molar-refractivity contribution < 1.29 is 13.5 Å². The van der Waals surface area contributed by atoms with Gasteiger partial charge in [-0.05, 0) is 51.3 Å². The van der Waals surface area contributed by atoms with E-state index in [4.69, 9.17) is 4.74 Å². The molecule has 26 heavy (non-hydrogen) atoms. The molecule has 5 nitrogen and oxygen atoms in total. The summed E-state index contributed by atoms with van der Waals surface area (Å²) in [4.78, 5) is 12.4. The summed E-state index contributed by atoms with van der Waals surface area (Å²) in [6.45, 7) is 7.21. The molecule has 3 rings (SSSR count). The lowest BCUT2D eigenvalue weighted by atomic mass is 9.85. The fourth-order valence-electron chi connectivity index (χ4n) is 3.40. The van der Waals surface area contributed by atoms with Crippen LogP contribution in [0.15, 0.2) is 24.5 Å². The Bertz CT molecular complexity index is 771. The highest BCUT2D eigenvalue weighted by Crippen LogP contribution is 2.32. The molecule has 1 N–H and O–H groups in total. The van der Waals surface area contributed by atoms with E-state index in [-0.39, 0.29) is 17.0 Å². The van der Waals surface area contributed by atoms with Gasteiger partial charge in [-0.3, -0.25) is 0 Å². The van der Waals surface area contributed by atoms with E-state index in [2.05, 4.69) is 34.1 Å². The van der Waals surface area contributed by atoms with Gasteiger partial charge >= 0.3 is 0 Å². The molecule has 1 aliphatic rings. The van der Waals surface area contributed by atoms with Gasteiger partial charge in [-0.15, -0.1) is 0 Å². The number of pyridine rings is 1. The minimum absolute atomic E-state index is 0.0178. The van der Waals surface area contributed by atoms with Crippen LogP contribution in [-0.2, 0) is 0 Å². The Labute approximate surface area is 152 Å². The maximum absolute atomic E-state index is 13.6. The molecule has 2 atom stereocenters. The number of hydrogen-bond donors (Lipinski definition) is 1. The van der Waals surface area contributed by atoms with Gasteiger partial charge in [-0.25, -0.2) is 23.7 Å². The van der Waals surface area contributed by atoms with Gasteiger partial charge in [0, 0.05) is 23.5 Å². The molecule has 1 fully saturated rings. The van der Waals surface area contributed by atoms with Crippen LogP contribution < -0.4 is 10.1 Å². The second-order valence-electron chi connectivity index (χ2n) is 7.28. The van der Waals surface area contributed by atoms with Crippen LogP contribution in [-0.4, -0.2) is 33.6 Å². The lowest BCUT2D eigenvalue weighted by Crippen LogP contribution is -2.52. The van der Waals surface area contributed by atoms with Crippen molar-refractivity contribution in [3.63, 3.8) is 0 Å². The number of nitrogens with zero attached hydrogens (tertiary/aromatic N) is 3. The highest BCUT2D eigenvalue weighted by Gasteiger charge is 2.31. The molecule has 0 spiro atoms. The van der Waals surface area contributed by atoms with E-state index < -0.39 is 6.43 Å². The van der Waals surface area contributed by atoms with Crippen molar-refractivity contribution in [2.45, 2.75) is 45.6 Å². The molecule has 7 heteroatoms. The number of aryl methyl sites for hydroxylation is 1. The minimum atomic E-state index is -2.67. The Morgan fingerprint density at radius 1 is 1.38 bits per heavy atom. The average Bonchev–Trinajstić information content (AvgIpc) is 2.59. The minimum Gasteiger partial charge on any atom is -0.475 e. The molecule has 0 amide bonds. The number of hydrogen-bond acceptors (Lipinski definition) is 5. The van der Waals surface area contributed by atoms with Crippen LogP contribution in [0.5, 0.6) is 5.88 Å². The zero-order valence-corrected chi connectivity index (χ0v) is 15.3. The highest BCUT2D eigenvalue weighted by molar-refractivity contribution is 5.59. The van der Waals surface area contributed by atoms with Crippen LogP contribution in [0.25, 0.3) is 11.3 Å². The first-order chi connectivity index (χ1) is 12.4. The summed E-state index contributed by atoms with van der Waals surface area (Å²) in [5.74, 6) is 1.14. The molecule has 0 saturated carbocycles. The summed E-state index contributed by atoms with van der Waals surface area (Å²) in [5, 5.41) is 3.43. The fourth-order valence-corrected chi connectivity index (χ4v) is 3.40. The van der Waals surface area contributed by atoms with E-state index in [1.54, 1.807) is 19.2 Å². The van der Waals surface area contributed by atoms with Gasteiger partial charge in [-0.2, -0.15) is 0 Å². The van der Waals surface area contributed by atoms with Crippen molar-refractivity contribution in [2.24, 2.45) is 5.92 Å². The molecule has 2 aromatic heterocycles. The van der Waals surface area contributed by atoms with Crippen LogP contribution in [0.2, 0.25) is 0 Å². The number of rotatable bonds is 5. The molecule has 0 radical (unpaired) electrons. The van der Waals surface area contributed by atoms with E-state index in [1.165, 1.54) is 12.3 Å². The van der Waals surface area contributed by atoms with Crippen molar-refractivity contribution in [3.8, 4) is 17.1 Å². The van der Waals surface area contributed by atoms with Gasteiger partial charge in [0.15, 0.2) is 0 Å². The standard InChI is InChI=1S/C19H24F2N4O/c1-12-4-7-24-19(3,9-12)11-26-18-15(17(20)21)8-14(10-23-18)16-5-6-22-13(2)25-16/h5-6,8,10,12,17,24H,4,7,9,11H2,1-3H3/t12?,19-/m1/s1. The van der Waals surface area contributed by atoms with Gasteiger partial charge in [0.1, 0.15) is 12.4 Å². The normalized spacial score (nSPS) is 23.2. The number of piperidine rings is 1. The first kappa shape index (κ1) is 18.6. The summed E-state index contributed by atoms with van der Waals surface area (Å²) in [6, 6.07) is 3.07. The van der Waals surface area contributed by atoms with E-state index in [1.807, 2.05) is 0 Å². The predicted octanol–water partition coefficient (Wildman–Crippen LogP) is 3.94. The molecule has 0 aromatic carbocycles. The van der Waals surface area contributed by atoms with Crippen molar-refractivity contribution in [3.05, 3.63) is 35.9 Å². The van der Waals surface area contributed by atoms with Crippen molar-refractivity contribution in [2.75, 3.05) is 13.2 Å². The molecular weight excluding hydrogens is 338 g/mol. The summed E-state index contributed by atoms with van der Waals surface area (Å²) in [5.41, 5.74) is 0.634. The molecule has 1 unspecified atom stereocenters. The SMILES string of the molecule is Cc1nccc(-c2cnc(OC[C@@]3(C)CC(C)CCN3)c(C(F)F)c2)n1. The Morgan fingerprint density at radius 2 is 2.19 bits per heavy atom. The summed E-state index contributed by atoms with van der Waals surface area (Å²) in [7, 11) is 0. The maximum Gasteiger partial charge on any atom is 0.269 e.